The van der Waals surface area contributed by atoms with Crippen LogP contribution in [0, 0.1) is 0 Å². The van der Waals surface area contributed by atoms with E-state index in [1.165, 1.54) is 0 Å². The van der Waals surface area contributed by atoms with Crippen molar-refractivity contribution in [3.05, 3.63) is 42.5 Å². The highest BCUT2D eigenvalue weighted by Crippen LogP contribution is 2.08. The van der Waals surface area contributed by atoms with Gasteiger partial charge < -0.3 is 10.6 Å². The number of carbonyl (C=O) groups excluding carboxylic acids is 1. The van der Waals surface area contributed by atoms with Gasteiger partial charge in [-0.15, -0.1) is 0 Å². The van der Waals surface area contributed by atoms with Crippen LogP contribution in [0.15, 0.2) is 36.8 Å². The zero-order chi connectivity index (χ0) is 13.8. The van der Waals surface area contributed by atoms with Crippen molar-refractivity contribution in [3.8, 4) is 5.69 Å². The maximum Gasteiger partial charge on any atom is 0.270 e. The molecule has 3 rings (SSSR count). The molecular formula is C14H17N5O. The van der Waals surface area contributed by atoms with Crippen molar-refractivity contribution >= 4 is 5.91 Å². The van der Waals surface area contributed by atoms with Crippen LogP contribution in [0.1, 0.15) is 23.3 Å². The summed E-state index contributed by atoms with van der Waals surface area (Å²) >= 11 is 0. The minimum absolute atomic E-state index is 0.132. The Kier molecular flexibility index (Phi) is 3.73. The number of amides is 1. The van der Waals surface area contributed by atoms with Gasteiger partial charge in [0, 0.05) is 31.2 Å². The van der Waals surface area contributed by atoms with Crippen LogP contribution in [-0.2, 0) is 0 Å². The Morgan fingerprint density at radius 2 is 2.40 bits per heavy atom. The lowest BCUT2D eigenvalue weighted by molar-refractivity contribution is 0.0925. The molecule has 1 fully saturated rings. The molecular weight excluding hydrogens is 254 g/mol. The fourth-order valence-electron chi connectivity index (χ4n) is 2.34. The molecule has 0 spiro atoms. The summed E-state index contributed by atoms with van der Waals surface area (Å²) in [6, 6.07) is 5.60. The second kappa shape index (κ2) is 5.83. The topological polar surface area (TPSA) is 71.8 Å². The molecule has 1 atom stereocenters. The lowest BCUT2D eigenvalue weighted by Crippen LogP contribution is -2.45. The standard InChI is InChI=1S/C14H17N5O/c20-14(18-11-3-1-5-15-10-11)13-9-12(4-7-16-13)19-8-2-6-17-19/h2,4,6-9,11,15H,1,3,5,10H2,(H,18,20)/t11-/m0/s1. The van der Waals surface area contributed by atoms with E-state index in [0.29, 0.717) is 5.69 Å². The van der Waals surface area contributed by atoms with Gasteiger partial charge in [0.25, 0.3) is 5.91 Å². The van der Waals surface area contributed by atoms with Crippen LogP contribution in [0.4, 0.5) is 0 Å². The van der Waals surface area contributed by atoms with Gasteiger partial charge in [0.15, 0.2) is 0 Å². The van der Waals surface area contributed by atoms with Crippen molar-refractivity contribution in [1.29, 1.82) is 0 Å². The number of rotatable bonds is 3. The van der Waals surface area contributed by atoms with Crippen LogP contribution in [0.25, 0.3) is 5.69 Å². The summed E-state index contributed by atoms with van der Waals surface area (Å²) in [6.45, 7) is 1.85. The molecule has 1 aliphatic heterocycles. The molecule has 1 amide bonds. The summed E-state index contributed by atoms with van der Waals surface area (Å²) in [7, 11) is 0. The fourth-order valence-corrected chi connectivity index (χ4v) is 2.34. The fraction of sp³-hybridized carbons (Fsp3) is 0.357. The van der Waals surface area contributed by atoms with Crippen LogP contribution in [-0.4, -0.2) is 39.8 Å². The Morgan fingerprint density at radius 3 is 3.15 bits per heavy atom. The van der Waals surface area contributed by atoms with Gasteiger partial charge in [-0.2, -0.15) is 5.10 Å². The number of pyridine rings is 1. The number of piperidine rings is 1. The monoisotopic (exact) mass is 271 g/mol. The van der Waals surface area contributed by atoms with E-state index in [0.717, 1.165) is 31.6 Å². The molecule has 2 aromatic rings. The van der Waals surface area contributed by atoms with Gasteiger partial charge in [-0.1, -0.05) is 0 Å². The third kappa shape index (κ3) is 2.85. The number of hydrogen-bond acceptors (Lipinski definition) is 4. The first-order chi connectivity index (χ1) is 9.83. The molecule has 104 valence electrons. The second-order valence-electron chi connectivity index (χ2n) is 4.87. The zero-order valence-corrected chi connectivity index (χ0v) is 11.1. The maximum atomic E-state index is 12.2. The van der Waals surface area contributed by atoms with E-state index in [2.05, 4.69) is 20.7 Å². The van der Waals surface area contributed by atoms with Crippen LogP contribution >= 0.6 is 0 Å². The summed E-state index contributed by atoms with van der Waals surface area (Å²) in [5.41, 5.74) is 1.25. The smallest absolute Gasteiger partial charge is 0.270 e. The van der Waals surface area contributed by atoms with Crippen LogP contribution in [0.2, 0.25) is 0 Å². The Bertz CT molecular complexity index is 575. The molecule has 1 saturated heterocycles. The van der Waals surface area contributed by atoms with Gasteiger partial charge in [-0.05, 0) is 37.6 Å². The largest absolute Gasteiger partial charge is 0.347 e. The average Bonchev–Trinajstić information content (AvgIpc) is 3.03. The molecule has 0 radical (unpaired) electrons. The Hall–Kier alpha value is -2.21. The first-order valence-corrected chi connectivity index (χ1v) is 6.80. The molecule has 3 heterocycles. The normalized spacial score (nSPS) is 18.7. The van der Waals surface area contributed by atoms with Crippen molar-refractivity contribution in [3.63, 3.8) is 0 Å². The third-order valence-electron chi connectivity index (χ3n) is 3.38. The van der Waals surface area contributed by atoms with Gasteiger partial charge in [-0.3, -0.25) is 9.78 Å². The SMILES string of the molecule is O=C(N[C@H]1CCCNC1)c1cc(-n2cccn2)ccn1. The quantitative estimate of drug-likeness (QED) is 0.864. The number of nitrogens with zero attached hydrogens (tertiary/aromatic N) is 3. The van der Waals surface area contributed by atoms with Crippen molar-refractivity contribution < 1.29 is 4.79 Å². The van der Waals surface area contributed by atoms with E-state index < -0.39 is 0 Å². The van der Waals surface area contributed by atoms with E-state index in [-0.39, 0.29) is 11.9 Å². The number of aromatic nitrogens is 3. The summed E-state index contributed by atoms with van der Waals surface area (Å²) in [5, 5.41) is 10.4. The van der Waals surface area contributed by atoms with E-state index in [1.54, 1.807) is 23.1 Å². The van der Waals surface area contributed by atoms with Crippen molar-refractivity contribution in [2.45, 2.75) is 18.9 Å². The van der Waals surface area contributed by atoms with Crippen LogP contribution < -0.4 is 10.6 Å². The molecule has 2 aromatic heterocycles. The van der Waals surface area contributed by atoms with Gasteiger partial charge in [-0.25, -0.2) is 4.68 Å². The van der Waals surface area contributed by atoms with Gasteiger partial charge in [0.05, 0.1) is 5.69 Å². The van der Waals surface area contributed by atoms with Gasteiger partial charge in [0.1, 0.15) is 5.69 Å². The van der Waals surface area contributed by atoms with E-state index >= 15 is 0 Å². The Labute approximate surface area is 117 Å². The lowest BCUT2D eigenvalue weighted by atomic mass is 10.1. The van der Waals surface area contributed by atoms with Crippen molar-refractivity contribution in [1.82, 2.24) is 25.4 Å². The molecule has 0 aliphatic carbocycles. The summed E-state index contributed by atoms with van der Waals surface area (Å²) < 4.78 is 1.71. The second-order valence-corrected chi connectivity index (χ2v) is 4.87. The van der Waals surface area contributed by atoms with E-state index in [9.17, 15) is 4.79 Å². The highest BCUT2D eigenvalue weighted by Gasteiger charge is 2.17. The molecule has 6 nitrogen and oxygen atoms in total. The number of hydrogen-bond donors (Lipinski definition) is 2. The summed E-state index contributed by atoms with van der Waals surface area (Å²) in [6.07, 6.45) is 7.27. The molecule has 1 aliphatic rings. The Morgan fingerprint density at radius 1 is 1.45 bits per heavy atom. The molecule has 2 N–H and O–H groups in total. The summed E-state index contributed by atoms with van der Waals surface area (Å²) in [5.74, 6) is -0.132. The third-order valence-corrected chi connectivity index (χ3v) is 3.38. The molecule has 0 aromatic carbocycles. The molecule has 0 saturated carbocycles. The molecule has 20 heavy (non-hydrogen) atoms. The predicted octanol–water partition coefficient (Wildman–Crippen LogP) is 0.749. The van der Waals surface area contributed by atoms with E-state index in [1.807, 2.05) is 18.3 Å². The van der Waals surface area contributed by atoms with Gasteiger partial charge >= 0.3 is 0 Å². The van der Waals surface area contributed by atoms with Crippen molar-refractivity contribution in [2.24, 2.45) is 0 Å². The van der Waals surface area contributed by atoms with Gasteiger partial charge in [0.2, 0.25) is 0 Å². The van der Waals surface area contributed by atoms with Crippen LogP contribution in [0.3, 0.4) is 0 Å². The molecule has 0 bridgehead atoms. The van der Waals surface area contributed by atoms with E-state index in [4.69, 9.17) is 0 Å². The number of carbonyl (C=O) groups is 1. The molecule has 0 unspecified atom stereocenters. The number of nitrogens with one attached hydrogen (secondary N) is 2. The molecule has 6 heteroatoms. The highest BCUT2D eigenvalue weighted by molar-refractivity contribution is 5.92. The zero-order valence-electron chi connectivity index (χ0n) is 11.1. The lowest BCUT2D eigenvalue weighted by Gasteiger charge is -2.23. The minimum atomic E-state index is -0.132. The highest BCUT2D eigenvalue weighted by atomic mass is 16.1. The summed E-state index contributed by atoms with van der Waals surface area (Å²) in [4.78, 5) is 16.3. The van der Waals surface area contributed by atoms with Crippen LogP contribution in [0.5, 0.6) is 0 Å². The first-order valence-electron chi connectivity index (χ1n) is 6.80. The predicted molar refractivity (Wildman–Crippen MR) is 74.7 cm³/mol. The maximum absolute atomic E-state index is 12.2. The minimum Gasteiger partial charge on any atom is -0.347 e. The average molecular weight is 271 g/mol. The van der Waals surface area contributed by atoms with Crippen molar-refractivity contribution in [2.75, 3.05) is 13.1 Å². The first kappa shape index (κ1) is 12.8. The Balaban J connectivity index is 1.73.